The van der Waals surface area contributed by atoms with Crippen molar-refractivity contribution in [2.45, 2.75) is 39.8 Å². The van der Waals surface area contributed by atoms with E-state index in [1.54, 1.807) is 0 Å². The van der Waals surface area contributed by atoms with Gasteiger partial charge in [-0.3, -0.25) is 0 Å². The Morgan fingerprint density at radius 2 is 0.964 bits per heavy atom. The zero-order chi connectivity index (χ0) is 20.9. The molecule has 0 bridgehead atoms. The topological polar surface area (TPSA) is 61.0 Å². The quantitative estimate of drug-likeness (QED) is 0.290. The van der Waals surface area contributed by atoms with Crippen LogP contribution < -0.4 is 9.96 Å². The molecule has 8 heteroatoms. The molecule has 0 saturated carbocycles. The minimum Gasteiger partial charge on any atom is -0.379 e. The summed E-state index contributed by atoms with van der Waals surface area (Å²) in [5.74, 6) is 0. The zero-order valence-corrected chi connectivity index (χ0v) is 19.8. The zero-order valence-electron chi connectivity index (χ0n) is 17.8. The number of nitrogens with one attached hydrogen (secondary N) is 2. The molecule has 28 heavy (non-hydrogen) atoms. The average Bonchev–Trinajstić information content (AvgIpc) is 2.65. The lowest BCUT2D eigenvalue weighted by molar-refractivity contribution is 0.191. The largest absolute Gasteiger partial charge is 0.460 e. The number of anilines is 2. The predicted molar refractivity (Wildman–Crippen MR) is 122 cm³/mol. The van der Waals surface area contributed by atoms with Crippen molar-refractivity contribution in [2.75, 3.05) is 36.4 Å². The maximum atomic E-state index is 6.00. The highest BCUT2D eigenvalue weighted by atomic mass is 28.4. The van der Waals surface area contributed by atoms with Gasteiger partial charge < -0.3 is 27.7 Å². The van der Waals surface area contributed by atoms with Gasteiger partial charge in [0.25, 0.3) is 0 Å². The molecule has 0 heterocycles. The van der Waals surface area contributed by atoms with Crippen molar-refractivity contribution in [1.82, 2.24) is 0 Å². The molecule has 2 N–H and O–H groups in total. The molecule has 0 unspecified atom stereocenters. The Morgan fingerprint density at radius 1 is 0.679 bits per heavy atom. The van der Waals surface area contributed by atoms with E-state index < -0.39 is 17.4 Å². The molecule has 0 atom stereocenters. The summed E-state index contributed by atoms with van der Waals surface area (Å²) in [6.45, 7) is 18.0. The fourth-order valence-corrected chi connectivity index (χ4v) is 7.92. The van der Waals surface area contributed by atoms with Crippen LogP contribution in [-0.4, -0.2) is 43.9 Å². The van der Waals surface area contributed by atoms with Crippen LogP contribution in [0, 0.1) is 0 Å². The predicted octanol–water partition coefficient (Wildman–Crippen LogP) is 4.91. The average molecular weight is 425 g/mol. The summed E-state index contributed by atoms with van der Waals surface area (Å²) in [4.78, 5) is 6.98. The van der Waals surface area contributed by atoms with Gasteiger partial charge >= 0.3 is 17.4 Å². The van der Waals surface area contributed by atoms with Crippen molar-refractivity contribution in [2.24, 2.45) is 0 Å². The van der Waals surface area contributed by atoms with Crippen molar-refractivity contribution in [1.29, 1.82) is 0 Å². The summed E-state index contributed by atoms with van der Waals surface area (Å²) >= 11 is 0. The lowest BCUT2D eigenvalue weighted by Crippen LogP contribution is -2.50. The first-order chi connectivity index (χ1) is 13.5. The first kappa shape index (κ1) is 24.6. The third-order valence-corrected chi connectivity index (χ3v) is 9.90. The maximum absolute atomic E-state index is 6.00. The van der Waals surface area contributed by atoms with Crippen LogP contribution in [0.1, 0.15) is 27.7 Å². The standard InChI is InChI=1S/C20H36N2O4Si2/c1-7-17-27(23-9-3,24-10-4)21-19-13-15-20(16-14-19)22-28(18-8-2,25-11-5)26-12-6/h7-8,13-16,21-22H,1-2,9-12,17-18H2,3-6H3. The molecule has 0 radical (unpaired) electrons. The first-order valence-corrected chi connectivity index (χ1v) is 14.0. The summed E-state index contributed by atoms with van der Waals surface area (Å²) in [7, 11) is -5.16. The van der Waals surface area contributed by atoms with Crippen molar-refractivity contribution in [3.63, 3.8) is 0 Å². The van der Waals surface area contributed by atoms with Gasteiger partial charge in [-0.05, 0) is 52.0 Å². The van der Waals surface area contributed by atoms with E-state index in [1.165, 1.54) is 0 Å². The molecule has 0 aliphatic rings. The van der Waals surface area contributed by atoms with Crippen molar-refractivity contribution >= 4 is 28.8 Å². The highest BCUT2D eigenvalue weighted by molar-refractivity contribution is 6.71. The van der Waals surface area contributed by atoms with Crippen LogP contribution in [0.3, 0.4) is 0 Å². The van der Waals surface area contributed by atoms with Gasteiger partial charge in [-0.15, -0.1) is 13.2 Å². The third kappa shape index (κ3) is 7.53. The molecular formula is C20H36N2O4Si2. The van der Waals surface area contributed by atoms with Gasteiger partial charge in [0.05, 0.1) is 0 Å². The van der Waals surface area contributed by atoms with Crippen molar-refractivity contribution < 1.29 is 17.7 Å². The Balaban J connectivity index is 2.98. The van der Waals surface area contributed by atoms with E-state index in [0.29, 0.717) is 38.5 Å². The lowest BCUT2D eigenvalue weighted by Gasteiger charge is -2.31. The molecular weight excluding hydrogens is 388 g/mol. The van der Waals surface area contributed by atoms with Gasteiger partial charge in [-0.25, -0.2) is 0 Å². The van der Waals surface area contributed by atoms with Crippen molar-refractivity contribution in [3.05, 3.63) is 49.6 Å². The highest BCUT2D eigenvalue weighted by Crippen LogP contribution is 2.24. The van der Waals surface area contributed by atoms with E-state index >= 15 is 0 Å². The monoisotopic (exact) mass is 424 g/mol. The van der Waals surface area contributed by atoms with Crippen molar-refractivity contribution in [3.8, 4) is 0 Å². The van der Waals surface area contributed by atoms with Gasteiger partial charge in [0, 0.05) is 49.9 Å². The minimum atomic E-state index is -2.58. The molecule has 0 fully saturated rings. The van der Waals surface area contributed by atoms with Gasteiger partial charge in [0.2, 0.25) is 0 Å². The van der Waals surface area contributed by atoms with Crippen LogP contribution >= 0.6 is 0 Å². The van der Waals surface area contributed by atoms with Crippen LogP contribution in [0.2, 0.25) is 12.1 Å². The minimum absolute atomic E-state index is 0.588. The number of hydrogen-bond donors (Lipinski definition) is 2. The van der Waals surface area contributed by atoms with E-state index in [1.807, 2.05) is 64.1 Å². The van der Waals surface area contributed by atoms with E-state index in [0.717, 1.165) is 11.4 Å². The highest BCUT2D eigenvalue weighted by Gasteiger charge is 2.38. The van der Waals surface area contributed by atoms with Gasteiger partial charge in [0.15, 0.2) is 0 Å². The molecule has 158 valence electrons. The second-order valence-electron chi connectivity index (χ2n) is 6.05. The van der Waals surface area contributed by atoms with Crippen LogP contribution in [0.25, 0.3) is 0 Å². The normalized spacial score (nSPS) is 11.9. The van der Waals surface area contributed by atoms with E-state index in [2.05, 4.69) is 23.1 Å². The van der Waals surface area contributed by atoms with Gasteiger partial charge in [0.1, 0.15) is 0 Å². The molecule has 6 nitrogen and oxygen atoms in total. The molecule has 1 aromatic carbocycles. The maximum Gasteiger partial charge on any atom is 0.460 e. The summed E-state index contributed by atoms with van der Waals surface area (Å²) in [6, 6.07) is 9.37. The molecule has 0 aliphatic carbocycles. The second kappa shape index (κ2) is 12.9. The molecule has 0 amide bonds. The number of hydrogen-bond acceptors (Lipinski definition) is 6. The van der Waals surface area contributed by atoms with E-state index in [9.17, 15) is 0 Å². The van der Waals surface area contributed by atoms with Crippen LogP contribution in [0.4, 0.5) is 11.4 Å². The Hall–Kier alpha value is -1.43. The Morgan fingerprint density at radius 3 is 1.18 bits per heavy atom. The summed E-state index contributed by atoms with van der Waals surface area (Å²) in [5, 5.41) is 0. The fourth-order valence-electron chi connectivity index (χ4n) is 2.95. The third-order valence-electron chi connectivity index (χ3n) is 3.89. The van der Waals surface area contributed by atoms with Crippen LogP contribution in [-0.2, 0) is 17.7 Å². The van der Waals surface area contributed by atoms with Crippen LogP contribution in [0.5, 0.6) is 0 Å². The molecule has 0 saturated heterocycles. The Kier molecular flexibility index (Phi) is 11.4. The van der Waals surface area contributed by atoms with E-state index in [4.69, 9.17) is 17.7 Å². The molecule has 0 aliphatic heterocycles. The fraction of sp³-hybridized carbons (Fsp3) is 0.500. The smallest absolute Gasteiger partial charge is 0.379 e. The SMILES string of the molecule is C=CC[Si](Nc1ccc(N[Si](CC=C)(OCC)OCC)cc1)(OCC)OCC. The first-order valence-electron chi connectivity index (χ1n) is 9.96. The number of allylic oxidation sites excluding steroid dienone is 2. The summed E-state index contributed by atoms with van der Waals surface area (Å²) in [5.41, 5.74) is 1.90. The second-order valence-corrected chi connectivity index (χ2v) is 11.5. The summed E-state index contributed by atoms with van der Waals surface area (Å²) in [6.07, 6.45) is 3.69. The van der Waals surface area contributed by atoms with Crippen LogP contribution in [0.15, 0.2) is 49.6 Å². The lowest BCUT2D eigenvalue weighted by atomic mass is 10.3. The number of rotatable bonds is 16. The molecule has 0 spiro atoms. The Labute approximate surface area is 172 Å². The van der Waals surface area contributed by atoms with Gasteiger partial charge in [-0.1, -0.05) is 12.2 Å². The van der Waals surface area contributed by atoms with E-state index in [-0.39, 0.29) is 0 Å². The molecule has 1 aromatic rings. The van der Waals surface area contributed by atoms with Gasteiger partial charge in [-0.2, -0.15) is 0 Å². The molecule has 0 aromatic heterocycles. The summed E-state index contributed by atoms with van der Waals surface area (Å²) < 4.78 is 24.0. The molecule has 1 rings (SSSR count). The number of benzene rings is 1. The Bertz CT molecular complexity index is 521.